The number of aromatic hydroxyl groups is 1. The molecule has 0 aliphatic carbocycles. The number of hydrogen-bond donors (Lipinski definition) is 1. The highest BCUT2D eigenvalue weighted by atomic mass is 16.3. The van der Waals surface area contributed by atoms with Crippen LogP contribution in [0.2, 0.25) is 0 Å². The van der Waals surface area contributed by atoms with Crippen LogP contribution < -0.4 is 0 Å². The maximum absolute atomic E-state index is 12.3. The van der Waals surface area contributed by atoms with Gasteiger partial charge in [-0.3, -0.25) is 9.55 Å². The zero-order valence-corrected chi connectivity index (χ0v) is 36.5. The summed E-state index contributed by atoms with van der Waals surface area (Å²) in [4.78, 5) is 9.84. The molecule has 0 unspecified atom stereocenters. The maximum atomic E-state index is 12.3. The third kappa shape index (κ3) is 8.23. The molecule has 0 aliphatic heterocycles. The van der Waals surface area contributed by atoms with Gasteiger partial charge in [0.25, 0.3) is 0 Å². The summed E-state index contributed by atoms with van der Waals surface area (Å²) in [6.45, 7) is 5.80. The van der Waals surface area contributed by atoms with Crippen molar-refractivity contribution in [3.05, 3.63) is 167 Å². The molecule has 2 aromatic heterocycles. The number of benzene rings is 6. The summed E-state index contributed by atoms with van der Waals surface area (Å²) in [6, 6.07) is 24.3. The Morgan fingerprint density at radius 1 is 0.645 bits per heavy atom. The Kier molecular flexibility index (Phi) is 6.73. The standard InChI is InChI=1S/C58H61N3O/c1-36(2)40-23-26-51(47(34-40)39-17-14-13-15-18-39)61-52-20-16-19-46(53(52)60-55(61)48-29-37(3)30-49(54(48)62)58(10,11)12)42-31-43(33-45(32-42)57(7,8)9)50-35-41(27-28-59-50)38-21-24-44(25-22-38)56(4,5)6/h13-36,62H,1-12H3/i4D3,5D3,6D3,21D,22D,24D,25D,27D,28D,35D,36D. The van der Waals surface area contributed by atoms with E-state index in [0.717, 1.165) is 27.8 Å². The second-order valence-corrected chi connectivity index (χ2v) is 18.2. The molecule has 0 saturated carbocycles. The van der Waals surface area contributed by atoms with Gasteiger partial charge in [0.05, 0.1) is 37.6 Å². The van der Waals surface area contributed by atoms with E-state index in [1.807, 2.05) is 152 Å². The van der Waals surface area contributed by atoms with Gasteiger partial charge in [0.15, 0.2) is 0 Å². The van der Waals surface area contributed by atoms with Gasteiger partial charge in [-0.05, 0) is 122 Å². The molecule has 4 heteroatoms. The molecule has 0 fully saturated rings. The summed E-state index contributed by atoms with van der Waals surface area (Å²) in [7, 11) is 0. The maximum Gasteiger partial charge on any atom is 0.149 e. The minimum Gasteiger partial charge on any atom is -0.507 e. The van der Waals surface area contributed by atoms with E-state index in [-0.39, 0.29) is 17.0 Å². The molecule has 4 nitrogen and oxygen atoms in total. The van der Waals surface area contributed by atoms with Crippen LogP contribution in [0.15, 0.2) is 139 Å². The number of fused-ring (bicyclic) bond motifs is 1. The molecule has 0 atom stereocenters. The van der Waals surface area contributed by atoms with Gasteiger partial charge in [-0.25, -0.2) is 4.98 Å². The van der Waals surface area contributed by atoms with Crippen LogP contribution in [0.4, 0.5) is 0 Å². The number of imidazole rings is 1. The minimum absolute atomic E-state index is 0.0508. The molecule has 0 aliphatic rings. The number of rotatable bonds is 7. The van der Waals surface area contributed by atoms with E-state index in [2.05, 4.69) is 4.98 Å². The van der Waals surface area contributed by atoms with Gasteiger partial charge in [-0.2, -0.15) is 0 Å². The molecule has 0 saturated heterocycles. The monoisotopic (exact) mass is 833 g/mol. The first-order valence-electron chi connectivity index (χ1n) is 29.1. The molecule has 314 valence electrons. The molecule has 6 aromatic carbocycles. The van der Waals surface area contributed by atoms with Crippen molar-refractivity contribution in [2.75, 3.05) is 0 Å². The summed E-state index contributed by atoms with van der Waals surface area (Å²) >= 11 is 0. The number of pyridine rings is 1. The fourth-order valence-corrected chi connectivity index (χ4v) is 7.73. The van der Waals surface area contributed by atoms with E-state index < -0.39 is 102 Å². The summed E-state index contributed by atoms with van der Waals surface area (Å²) < 4.78 is 149. The Morgan fingerprint density at radius 2 is 1.37 bits per heavy atom. The predicted molar refractivity (Wildman–Crippen MR) is 263 cm³/mol. The lowest BCUT2D eigenvalue weighted by Crippen LogP contribution is -2.12. The lowest BCUT2D eigenvalue weighted by molar-refractivity contribution is 0.448. The highest BCUT2D eigenvalue weighted by Gasteiger charge is 2.27. The molecule has 0 spiro atoms. The number of aromatic nitrogens is 3. The van der Waals surface area contributed by atoms with Crippen molar-refractivity contribution in [1.82, 2.24) is 14.5 Å². The van der Waals surface area contributed by atoms with Crippen molar-refractivity contribution in [3.63, 3.8) is 0 Å². The molecule has 0 amide bonds. The highest BCUT2D eigenvalue weighted by Crippen LogP contribution is 2.45. The zero-order valence-electron chi connectivity index (χ0n) is 53.5. The van der Waals surface area contributed by atoms with Crippen molar-refractivity contribution in [2.45, 2.75) is 105 Å². The highest BCUT2D eigenvalue weighted by molar-refractivity contribution is 5.98. The number of nitrogens with zero attached hydrogens (tertiary/aromatic N) is 3. The fraction of sp³-hybridized carbons (Fsp3) is 0.276. The van der Waals surface area contributed by atoms with Gasteiger partial charge in [0.2, 0.25) is 0 Å². The van der Waals surface area contributed by atoms with Crippen molar-refractivity contribution >= 4 is 11.0 Å². The fourth-order valence-electron chi connectivity index (χ4n) is 7.73. The van der Waals surface area contributed by atoms with Crippen LogP contribution >= 0.6 is 0 Å². The van der Waals surface area contributed by atoms with E-state index in [1.165, 1.54) is 0 Å². The van der Waals surface area contributed by atoms with E-state index >= 15 is 0 Å². The quantitative estimate of drug-likeness (QED) is 0.174. The molecule has 0 bridgehead atoms. The van der Waals surface area contributed by atoms with Crippen LogP contribution in [-0.4, -0.2) is 19.6 Å². The van der Waals surface area contributed by atoms with Gasteiger partial charge in [-0.15, -0.1) is 0 Å². The lowest BCUT2D eigenvalue weighted by Gasteiger charge is -2.23. The van der Waals surface area contributed by atoms with Crippen LogP contribution in [0.25, 0.3) is 72.7 Å². The molecule has 62 heavy (non-hydrogen) atoms. The Bertz CT molecular complexity index is 3680. The second-order valence-electron chi connectivity index (χ2n) is 18.2. The largest absolute Gasteiger partial charge is 0.507 e. The molecule has 8 aromatic rings. The Morgan fingerprint density at radius 3 is 2.05 bits per heavy atom. The number of hydrogen-bond acceptors (Lipinski definition) is 3. The summed E-state index contributed by atoms with van der Waals surface area (Å²) in [6.07, 6.45) is -0.737. The molecule has 8 rings (SSSR count). The van der Waals surface area contributed by atoms with Gasteiger partial charge in [0, 0.05) is 42.1 Å². The SMILES string of the molecule is [2H]c1nc(-c2cc(-c3cccc4c3nc(-c3cc(C)cc(C(C)(C)C)c3O)n4-c3ccc(C([2H])(C)C)cc3-c3ccccc3)cc(C(C)(C)C)c2)c([2H])c(-c2c([2H])c([2H])c(C(C([2H])([2H])[2H])(C([2H])([2H])[2H])C([2H])([2H])[2H])c([2H])c2[2H])c1[2H]. The third-order valence-corrected chi connectivity index (χ3v) is 11.1. The van der Waals surface area contributed by atoms with Crippen LogP contribution in [0, 0.1) is 6.92 Å². The smallest absolute Gasteiger partial charge is 0.149 e. The number of phenols is 1. The van der Waals surface area contributed by atoms with Gasteiger partial charge >= 0.3 is 0 Å². The Hall–Kier alpha value is -6.26. The lowest BCUT2D eigenvalue weighted by atomic mass is 9.83. The van der Waals surface area contributed by atoms with Crippen molar-refractivity contribution < 1.29 is 28.4 Å². The topological polar surface area (TPSA) is 50.9 Å². The van der Waals surface area contributed by atoms with Crippen molar-refractivity contribution in [1.29, 1.82) is 0 Å². The molecule has 0 radical (unpaired) electrons. The third-order valence-electron chi connectivity index (χ3n) is 11.1. The van der Waals surface area contributed by atoms with E-state index in [4.69, 9.17) is 24.2 Å². The van der Waals surface area contributed by atoms with Gasteiger partial charge in [0.1, 0.15) is 11.6 Å². The first-order chi connectivity index (χ1) is 36.2. The summed E-state index contributed by atoms with van der Waals surface area (Å²) in [5, 5.41) is 12.3. The summed E-state index contributed by atoms with van der Waals surface area (Å²) in [5.41, 5.74) is 0.546. The van der Waals surface area contributed by atoms with Crippen LogP contribution in [0.1, 0.15) is 133 Å². The average Bonchev–Trinajstić information content (AvgIpc) is 3.20. The molecule has 2 heterocycles. The molecular formula is C58H61N3O. The molecular weight excluding hydrogens is 755 g/mol. The van der Waals surface area contributed by atoms with E-state index in [9.17, 15) is 9.22 Å². The van der Waals surface area contributed by atoms with Gasteiger partial charge < -0.3 is 5.11 Å². The normalized spacial score (nSPS) is 17.1. The number of para-hydroxylation sites is 1. The van der Waals surface area contributed by atoms with Gasteiger partial charge in [-0.1, -0.05) is 161 Å². The first-order valence-corrected chi connectivity index (χ1v) is 20.6. The number of phenolic OH excluding ortho intramolecular Hbond substituents is 1. The van der Waals surface area contributed by atoms with Crippen molar-refractivity contribution in [3.8, 4) is 67.5 Å². The average molecular weight is 833 g/mol. The second kappa shape index (κ2) is 15.9. The van der Waals surface area contributed by atoms with Crippen LogP contribution in [-0.2, 0) is 16.2 Å². The zero-order chi connectivity index (χ0) is 58.8. The van der Waals surface area contributed by atoms with E-state index in [1.54, 1.807) is 12.1 Å². The Balaban J connectivity index is 1.45. The summed E-state index contributed by atoms with van der Waals surface area (Å²) in [5.74, 6) is -0.489. The van der Waals surface area contributed by atoms with Crippen LogP contribution in [0.5, 0.6) is 5.75 Å². The van der Waals surface area contributed by atoms with Crippen LogP contribution in [0.3, 0.4) is 0 Å². The Labute approximate surface area is 393 Å². The van der Waals surface area contributed by atoms with E-state index in [0.29, 0.717) is 44.8 Å². The minimum atomic E-state index is -3.93. The molecule has 1 N–H and O–H groups in total. The number of aryl methyl sites for hydroxylation is 1. The predicted octanol–water partition coefficient (Wildman–Crippen LogP) is 15.8. The first kappa shape index (κ1) is 26.3. The van der Waals surface area contributed by atoms with Crippen molar-refractivity contribution in [2.24, 2.45) is 0 Å².